The Morgan fingerprint density at radius 1 is 1.17 bits per heavy atom. The van der Waals surface area contributed by atoms with E-state index in [0.29, 0.717) is 5.56 Å². The lowest BCUT2D eigenvalue weighted by atomic mass is 10.1. The number of fused-ring (bicyclic) bond motifs is 1. The molecule has 0 radical (unpaired) electrons. The molecule has 3 rings (SSSR count). The number of aromatic nitrogens is 4. The number of amides is 1. The van der Waals surface area contributed by atoms with Crippen LogP contribution in [0.3, 0.4) is 0 Å². The number of carbonyl (C=O) groups is 1. The van der Waals surface area contributed by atoms with Gasteiger partial charge in [-0.2, -0.15) is 0 Å². The first kappa shape index (κ1) is 15.7. The third kappa shape index (κ3) is 2.21. The first-order valence-electron chi connectivity index (χ1n) is 7.00. The number of carbonyl (C=O) groups excluding carboxylic acids is 1. The monoisotopic (exact) mass is 331 g/mol. The Kier molecular flexibility index (Phi) is 3.55. The molecule has 0 unspecified atom stereocenters. The van der Waals surface area contributed by atoms with Gasteiger partial charge in [-0.3, -0.25) is 18.7 Å². The fourth-order valence-electron chi connectivity index (χ4n) is 2.67. The molecular formula is C15H14FN5O3. The van der Waals surface area contributed by atoms with Gasteiger partial charge in [-0.25, -0.2) is 14.2 Å². The van der Waals surface area contributed by atoms with E-state index in [-0.39, 0.29) is 11.2 Å². The minimum atomic E-state index is -1.05. The lowest BCUT2D eigenvalue weighted by Crippen LogP contribution is -2.38. The second kappa shape index (κ2) is 5.44. The summed E-state index contributed by atoms with van der Waals surface area (Å²) in [5.41, 5.74) is 4.96. The molecule has 124 valence electrons. The maximum Gasteiger partial charge on any atom is 0.332 e. The standard InChI is InChI=1S/C15H14FN5O3/c1-19-13-11(14(23)20(2)15(19)24)21(7-18-13)10(12(17)22)8-3-5-9(16)6-4-8/h3-7,10H,1-2H3,(H2,17,22)/t10-/m0/s1. The Balaban J connectivity index is 2.35. The molecule has 0 aliphatic rings. The molecule has 1 amide bonds. The molecule has 8 nitrogen and oxygen atoms in total. The molecule has 9 heteroatoms. The molecule has 1 atom stereocenters. The van der Waals surface area contributed by atoms with Crippen LogP contribution in [0.15, 0.2) is 40.2 Å². The van der Waals surface area contributed by atoms with Crippen molar-refractivity contribution in [2.75, 3.05) is 0 Å². The van der Waals surface area contributed by atoms with Crippen LogP contribution in [0, 0.1) is 5.82 Å². The lowest BCUT2D eigenvalue weighted by Gasteiger charge is -2.16. The summed E-state index contributed by atoms with van der Waals surface area (Å²) >= 11 is 0. The van der Waals surface area contributed by atoms with Crippen molar-refractivity contribution in [3.8, 4) is 0 Å². The van der Waals surface area contributed by atoms with Crippen LogP contribution in [0.5, 0.6) is 0 Å². The Morgan fingerprint density at radius 3 is 2.38 bits per heavy atom. The van der Waals surface area contributed by atoms with Crippen LogP contribution in [0.4, 0.5) is 4.39 Å². The Morgan fingerprint density at radius 2 is 1.79 bits per heavy atom. The van der Waals surface area contributed by atoms with Gasteiger partial charge in [0.1, 0.15) is 11.9 Å². The quantitative estimate of drug-likeness (QED) is 0.708. The van der Waals surface area contributed by atoms with Gasteiger partial charge in [0.05, 0.1) is 6.33 Å². The number of nitrogens with zero attached hydrogens (tertiary/aromatic N) is 4. The van der Waals surface area contributed by atoms with Crippen molar-refractivity contribution in [1.82, 2.24) is 18.7 Å². The van der Waals surface area contributed by atoms with Gasteiger partial charge in [0.15, 0.2) is 11.2 Å². The highest BCUT2D eigenvalue weighted by Crippen LogP contribution is 2.21. The van der Waals surface area contributed by atoms with Crippen LogP contribution < -0.4 is 17.0 Å². The zero-order valence-corrected chi connectivity index (χ0v) is 12.9. The Hall–Kier alpha value is -3.23. The van der Waals surface area contributed by atoms with Gasteiger partial charge in [0.2, 0.25) is 5.91 Å². The summed E-state index contributed by atoms with van der Waals surface area (Å²) in [5, 5.41) is 0. The van der Waals surface area contributed by atoms with Crippen molar-refractivity contribution < 1.29 is 9.18 Å². The lowest BCUT2D eigenvalue weighted by molar-refractivity contribution is -0.120. The number of nitrogens with two attached hydrogens (primary N) is 1. The van der Waals surface area contributed by atoms with Gasteiger partial charge in [-0.15, -0.1) is 0 Å². The second-order valence-corrected chi connectivity index (χ2v) is 5.39. The molecule has 1 aromatic carbocycles. The summed E-state index contributed by atoms with van der Waals surface area (Å²) in [5.74, 6) is -1.20. The minimum absolute atomic E-state index is 0.0627. The van der Waals surface area contributed by atoms with Crippen LogP contribution in [0.2, 0.25) is 0 Å². The van der Waals surface area contributed by atoms with Crippen molar-refractivity contribution in [1.29, 1.82) is 0 Å². The highest BCUT2D eigenvalue weighted by Gasteiger charge is 2.25. The molecule has 0 spiro atoms. The van der Waals surface area contributed by atoms with Crippen LogP contribution in [-0.2, 0) is 18.9 Å². The molecule has 0 aliphatic heterocycles. The Labute approximate surface area is 134 Å². The van der Waals surface area contributed by atoms with E-state index in [9.17, 15) is 18.8 Å². The van der Waals surface area contributed by atoms with E-state index in [1.165, 1.54) is 53.8 Å². The van der Waals surface area contributed by atoms with Crippen molar-refractivity contribution in [3.63, 3.8) is 0 Å². The zero-order valence-electron chi connectivity index (χ0n) is 12.9. The minimum Gasteiger partial charge on any atom is -0.368 e. The molecule has 2 aromatic heterocycles. The number of hydrogen-bond acceptors (Lipinski definition) is 4. The predicted molar refractivity (Wildman–Crippen MR) is 83.9 cm³/mol. The summed E-state index contributed by atoms with van der Waals surface area (Å²) < 4.78 is 16.6. The van der Waals surface area contributed by atoms with Crippen LogP contribution >= 0.6 is 0 Å². The molecule has 0 bridgehead atoms. The van der Waals surface area contributed by atoms with Gasteiger partial charge >= 0.3 is 5.69 Å². The summed E-state index contributed by atoms with van der Waals surface area (Å²) in [6.07, 6.45) is 1.27. The predicted octanol–water partition coefficient (Wildman–Crippen LogP) is -0.353. The fraction of sp³-hybridized carbons (Fsp3) is 0.200. The normalized spacial score (nSPS) is 12.5. The van der Waals surface area contributed by atoms with Crippen molar-refractivity contribution >= 4 is 17.1 Å². The van der Waals surface area contributed by atoms with Gasteiger partial charge in [-0.05, 0) is 17.7 Å². The van der Waals surface area contributed by atoms with Crippen LogP contribution in [0.25, 0.3) is 11.2 Å². The summed E-state index contributed by atoms with van der Waals surface area (Å²) in [6.45, 7) is 0. The van der Waals surface area contributed by atoms with E-state index >= 15 is 0 Å². The third-order valence-electron chi connectivity index (χ3n) is 3.91. The molecule has 0 fully saturated rings. The number of primary amides is 1. The first-order valence-corrected chi connectivity index (χ1v) is 7.00. The van der Waals surface area contributed by atoms with Crippen LogP contribution in [-0.4, -0.2) is 24.6 Å². The zero-order chi connectivity index (χ0) is 17.6. The molecule has 0 aliphatic carbocycles. The largest absolute Gasteiger partial charge is 0.368 e. The number of benzene rings is 1. The molecule has 0 saturated carbocycles. The fourth-order valence-corrected chi connectivity index (χ4v) is 2.67. The van der Waals surface area contributed by atoms with Gasteiger partial charge < -0.3 is 10.3 Å². The van der Waals surface area contributed by atoms with E-state index < -0.39 is 29.0 Å². The number of rotatable bonds is 3. The smallest absolute Gasteiger partial charge is 0.332 e. The number of halogens is 1. The molecule has 2 N–H and O–H groups in total. The Bertz CT molecular complexity index is 1060. The van der Waals surface area contributed by atoms with E-state index in [4.69, 9.17) is 5.73 Å². The molecule has 2 heterocycles. The van der Waals surface area contributed by atoms with Crippen molar-refractivity contribution in [3.05, 3.63) is 62.8 Å². The molecular weight excluding hydrogens is 317 g/mol. The second-order valence-electron chi connectivity index (χ2n) is 5.39. The number of hydrogen-bond donors (Lipinski definition) is 1. The number of imidazole rings is 1. The highest BCUT2D eigenvalue weighted by molar-refractivity contribution is 5.84. The first-order chi connectivity index (χ1) is 11.3. The van der Waals surface area contributed by atoms with E-state index in [1.807, 2.05) is 0 Å². The van der Waals surface area contributed by atoms with Crippen LogP contribution in [0.1, 0.15) is 11.6 Å². The van der Waals surface area contributed by atoms with Gasteiger partial charge in [-0.1, -0.05) is 12.1 Å². The number of aryl methyl sites for hydroxylation is 1. The maximum atomic E-state index is 13.1. The van der Waals surface area contributed by atoms with Gasteiger partial charge in [0, 0.05) is 14.1 Å². The maximum absolute atomic E-state index is 13.1. The summed E-state index contributed by atoms with van der Waals surface area (Å²) in [4.78, 5) is 40.5. The van der Waals surface area contributed by atoms with E-state index in [1.54, 1.807) is 0 Å². The van der Waals surface area contributed by atoms with E-state index in [2.05, 4.69) is 4.98 Å². The SMILES string of the molecule is Cn1c(=O)c2c(ncn2[C@H](C(N)=O)c2ccc(F)cc2)n(C)c1=O. The third-order valence-corrected chi connectivity index (χ3v) is 3.91. The summed E-state index contributed by atoms with van der Waals surface area (Å²) in [7, 11) is 2.80. The molecule has 24 heavy (non-hydrogen) atoms. The molecule has 3 aromatic rings. The van der Waals surface area contributed by atoms with E-state index in [0.717, 1.165) is 4.57 Å². The summed E-state index contributed by atoms with van der Waals surface area (Å²) in [6, 6.07) is 4.14. The molecule has 0 saturated heterocycles. The van der Waals surface area contributed by atoms with Gasteiger partial charge in [0.25, 0.3) is 5.56 Å². The van der Waals surface area contributed by atoms with Crippen molar-refractivity contribution in [2.45, 2.75) is 6.04 Å². The topological polar surface area (TPSA) is 105 Å². The average Bonchev–Trinajstić information content (AvgIpc) is 2.97. The highest BCUT2D eigenvalue weighted by atomic mass is 19.1. The average molecular weight is 331 g/mol. The van der Waals surface area contributed by atoms with Crippen molar-refractivity contribution in [2.24, 2.45) is 19.8 Å².